The summed E-state index contributed by atoms with van der Waals surface area (Å²) in [5.41, 5.74) is 2.77. The molecule has 1 atom stereocenters. The van der Waals surface area contributed by atoms with Crippen LogP contribution in [0.1, 0.15) is 22.8 Å². The zero-order chi connectivity index (χ0) is 13.2. The van der Waals surface area contributed by atoms with Gasteiger partial charge in [0, 0.05) is 30.2 Å². The number of nitrogens with zero attached hydrogens (tertiary/aromatic N) is 2. The number of benzene rings is 1. The number of hydrogen-bond acceptors (Lipinski definition) is 3. The van der Waals surface area contributed by atoms with Crippen LogP contribution in [-0.4, -0.2) is 15.1 Å². The molecule has 0 bridgehead atoms. The summed E-state index contributed by atoms with van der Waals surface area (Å²) < 4.78 is 0. The Morgan fingerprint density at radius 2 is 1.74 bits per heavy atom. The second-order valence-electron chi connectivity index (χ2n) is 4.58. The van der Waals surface area contributed by atoms with Crippen LogP contribution in [0, 0.1) is 6.92 Å². The highest BCUT2D eigenvalue weighted by atomic mass is 16.3. The second-order valence-corrected chi connectivity index (χ2v) is 4.58. The normalized spacial score (nSPS) is 12.5. The maximum absolute atomic E-state index is 10.6. The molecule has 1 aromatic carbocycles. The molecule has 1 N–H and O–H groups in total. The van der Waals surface area contributed by atoms with Gasteiger partial charge in [0.1, 0.15) is 6.10 Å². The molecular formula is C16H14N2O. The lowest BCUT2D eigenvalue weighted by Crippen LogP contribution is -2.03. The van der Waals surface area contributed by atoms with Crippen LogP contribution in [0.25, 0.3) is 10.8 Å². The number of aliphatic hydroxyl groups excluding tert-OH is 1. The van der Waals surface area contributed by atoms with E-state index in [1.54, 1.807) is 18.6 Å². The average molecular weight is 250 g/mol. The van der Waals surface area contributed by atoms with Crippen molar-refractivity contribution in [3.05, 3.63) is 71.8 Å². The first-order chi connectivity index (χ1) is 9.27. The molecule has 0 saturated carbocycles. The Bertz CT molecular complexity index is 719. The number of pyridine rings is 2. The zero-order valence-corrected chi connectivity index (χ0v) is 10.6. The Morgan fingerprint density at radius 1 is 0.947 bits per heavy atom. The summed E-state index contributed by atoms with van der Waals surface area (Å²) in [5, 5.41) is 12.7. The Labute approximate surface area is 111 Å². The van der Waals surface area contributed by atoms with Crippen molar-refractivity contribution in [3.8, 4) is 0 Å². The molecule has 0 spiro atoms. The SMILES string of the molecule is Cc1cnccc1C(O)c1cccc2cnccc12. The first kappa shape index (κ1) is 11.8. The van der Waals surface area contributed by atoms with Crippen LogP contribution in [-0.2, 0) is 0 Å². The predicted octanol–water partition coefficient (Wildman–Crippen LogP) is 3.02. The lowest BCUT2D eigenvalue weighted by atomic mass is 9.95. The van der Waals surface area contributed by atoms with E-state index in [-0.39, 0.29) is 0 Å². The van der Waals surface area contributed by atoms with E-state index in [2.05, 4.69) is 9.97 Å². The zero-order valence-electron chi connectivity index (χ0n) is 10.6. The largest absolute Gasteiger partial charge is 0.384 e. The summed E-state index contributed by atoms with van der Waals surface area (Å²) in [6.45, 7) is 1.96. The monoisotopic (exact) mass is 250 g/mol. The maximum atomic E-state index is 10.6. The van der Waals surface area contributed by atoms with Gasteiger partial charge in [-0.2, -0.15) is 0 Å². The lowest BCUT2D eigenvalue weighted by Gasteiger charge is -2.15. The fraction of sp³-hybridized carbons (Fsp3) is 0.125. The van der Waals surface area contributed by atoms with E-state index in [0.717, 1.165) is 27.5 Å². The van der Waals surface area contributed by atoms with Crippen LogP contribution >= 0.6 is 0 Å². The number of fused-ring (bicyclic) bond motifs is 1. The van der Waals surface area contributed by atoms with Gasteiger partial charge >= 0.3 is 0 Å². The fourth-order valence-electron chi connectivity index (χ4n) is 2.34. The molecule has 0 aliphatic heterocycles. The van der Waals surface area contributed by atoms with E-state index in [0.29, 0.717) is 0 Å². The quantitative estimate of drug-likeness (QED) is 0.760. The number of aryl methyl sites for hydroxylation is 1. The van der Waals surface area contributed by atoms with Gasteiger partial charge in [0.25, 0.3) is 0 Å². The lowest BCUT2D eigenvalue weighted by molar-refractivity contribution is 0.221. The molecule has 0 radical (unpaired) electrons. The number of hydrogen-bond donors (Lipinski definition) is 1. The minimum Gasteiger partial charge on any atom is -0.384 e. The molecule has 2 aromatic heterocycles. The van der Waals surface area contributed by atoms with Crippen LogP contribution in [0.4, 0.5) is 0 Å². The fourth-order valence-corrected chi connectivity index (χ4v) is 2.34. The van der Waals surface area contributed by atoms with Gasteiger partial charge in [-0.05, 0) is 41.1 Å². The van der Waals surface area contributed by atoms with Gasteiger partial charge in [0.05, 0.1) is 0 Å². The smallest absolute Gasteiger partial charge is 0.105 e. The van der Waals surface area contributed by atoms with E-state index >= 15 is 0 Å². The van der Waals surface area contributed by atoms with Crippen LogP contribution in [0.5, 0.6) is 0 Å². The Kier molecular flexibility index (Phi) is 2.97. The van der Waals surface area contributed by atoms with Crippen molar-refractivity contribution in [1.29, 1.82) is 0 Å². The van der Waals surface area contributed by atoms with Gasteiger partial charge in [-0.25, -0.2) is 0 Å². The van der Waals surface area contributed by atoms with Crippen LogP contribution in [0.2, 0.25) is 0 Å². The molecule has 0 amide bonds. The molecular weight excluding hydrogens is 236 g/mol. The van der Waals surface area contributed by atoms with Crippen molar-refractivity contribution < 1.29 is 5.11 Å². The standard InChI is InChI=1S/C16H14N2O/c1-11-9-17-7-5-13(11)16(19)15-4-2-3-12-10-18-8-6-14(12)15/h2-10,16,19H,1H3. The molecule has 1 unspecified atom stereocenters. The van der Waals surface area contributed by atoms with Crippen LogP contribution in [0.3, 0.4) is 0 Å². The molecule has 3 nitrogen and oxygen atoms in total. The number of aliphatic hydroxyl groups is 1. The van der Waals surface area contributed by atoms with Gasteiger partial charge in [-0.3, -0.25) is 9.97 Å². The van der Waals surface area contributed by atoms with Crippen LogP contribution in [0.15, 0.2) is 55.1 Å². The molecule has 3 rings (SSSR count). The van der Waals surface area contributed by atoms with Gasteiger partial charge in [0.15, 0.2) is 0 Å². The molecule has 0 saturated heterocycles. The van der Waals surface area contributed by atoms with Gasteiger partial charge in [0.2, 0.25) is 0 Å². The summed E-state index contributed by atoms with van der Waals surface area (Å²) in [5.74, 6) is 0. The first-order valence-corrected chi connectivity index (χ1v) is 6.18. The highest BCUT2D eigenvalue weighted by molar-refractivity contribution is 5.85. The maximum Gasteiger partial charge on any atom is 0.105 e. The third kappa shape index (κ3) is 2.09. The average Bonchev–Trinajstić information content (AvgIpc) is 2.46. The molecule has 94 valence electrons. The summed E-state index contributed by atoms with van der Waals surface area (Å²) in [6, 6.07) is 9.69. The van der Waals surface area contributed by atoms with Crippen molar-refractivity contribution in [2.45, 2.75) is 13.0 Å². The van der Waals surface area contributed by atoms with E-state index in [9.17, 15) is 5.11 Å². The number of rotatable bonds is 2. The molecule has 3 heteroatoms. The van der Waals surface area contributed by atoms with Gasteiger partial charge < -0.3 is 5.11 Å². The Balaban J connectivity index is 2.17. The molecule has 3 aromatic rings. The summed E-state index contributed by atoms with van der Waals surface area (Å²) in [7, 11) is 0. The van der Waals surface area contributed by atoms with E-state index < -0.39 is 6.10 Å². The van der Waals surface area contributed by atoms with E-state index in [1.807, 2.05) is 43.5 Å². The number of aromatic nitrogens is 2. The van der Waals surface area contributed by atoms with E-state index in [4.69, 9.17) is 0 Å². The van der Waals surface area contributed by atoms with Crippen molar-refractivity contribution in [3.63, 3.8) is 0 Å². The Morgan fingerprint density at radius 3 is 2.58 bits per heavy atom. The molecule has 2 heterocycles. The minimum atomic E-state index is -0.644. The predicted molar refractivity (Wildman–Crippen MR) is 74.8 cm³/mol. The summed E-state index contributed by atoms with van der Waals surface area (Å²) in [4.78, 5) is 8.17. The first-order valence-electron chi connectivity index (χ1n) is 6.18. The van der Waals surface area contributed by atoms with Crippen molar-refractivity contribution in [2.75, 3.05) is 0 Å². The Hall–Kier alpha value is -2.26. The summed E-state index contributed by atoms with van der Waals surface area (Å²) >= 11 is 0. The van der Waals surface area contributed by atoms with E-state index in [1.165, 1.54) is 0 Å². The molecule has 0 aliphatic rings. The molecule has 19 heavy (non-hydrogen) atoms. The van der Waals surface area contributed by atoms with Crippen LogP contribution < -0.4 is 0 Å². The highest BCUT2D eigenvalue weighted by Crippen LogP contribution is 2.29. The summed E-state index contributed by atoms with van der Waals surface area (Å²) in [6.07, 6.45) is 6.39. The van der Waals surface area contributed by atoms with Crippen molar-refractivity contribution in [2.24, 2.45) is 0 Å². The van der Waals surface area contributed by atoms with Gasteiger partial charge in [-0.1, -0.05) is 18.2 Å². The second kappa shape index (κ2) is 4.78. The van der Waals surface area contributed by atoms with Crippen molar-refractivity contribution in [1.82, 2.24) is 9.97 Å². The third-order valence-corrected chi connectivity index (χ3v) is 3.37. The molecule has 0 fully saturated rings. The van der Waals surface area contributed by atoms with Crippen molar-refractivity contribution >= 4 is 10.8 Å². The topological polar surface area (TPSA) is 46.0 Å². The third-order valence-electron chi connectivity index (χ3n) is 3.37. The molecule has 0 aliphatic carbocycles. The highest BCUT2D eigenvalue weighted by Gasteiger charge is 2.15. The van der Waals surface area contributed by atoms with Gasteiger partial charge in [-0.15, -0.1) is 0 Å². The minimum absolute atomic E-state index is 0.644.